The summed E-state index contributed by atoms with van der Waals surface area (Å²) in [6.45, 7) is 4.74. The van der Waals surface area contributed by atoms with E-state index in [9.17, 15) is 0 Å². The van der Waals surface area contributed by atoms with Crippen molar-refractivity contribution < 1.29 is 14.3 Å². The molecule has 2 N–H and O–H groups in total. The number of rotatable bonds is 4. The van der Waals surface area contributed by atoms with Crippen LogP contribution < -0.4 is 10.5 Å². The number of hydrogen-bond acceptors (Lipinski definition) is 4. The van der Waals surface area contributed by atoms with Gasteiger partial charge in [-0.15, -0.1) is 0 Å². The van der Waals surface area contributed by atoms with E-state index in [-0.39, 0.29) is 12.3 Å². The average molecular weight is 223 g/mol. The molecule has 1 rings (SSSR count). The SMILES string of the molecule is CC(C)Oc1ccc(CCN)cc1.O=C=O. The highest BCUT2D eigenvalue weighted by Gasteiger charge is 1.96. The third-order valence-electron chi connectivity index (χ3n) is 1.73. The predicted molar refractivity (Wildman–Crippen MR) is 60.0 cm³/mol. The molecule has 0 spiro atoms. The zero-order valence-corrected chi connectivity index (χ0v) is 9.60. The lowest BCUT2D eigenvalue weighted by atomic mass is 10.1. The molecule has 88 valence electrons. The van der Waals surface area contributed by atoms with Gasteiger partial charge in [0.1, 0.15) is 5.75 Å². The fourth-order valence-electron chi connectivity index (χ4n) is 1.17. The van der Waals surface area contributed by atoms with Crippen LogP contribution in [0.3, 0.4) is 0 Å². The van der Waals surface area contributed by atoms with E-state index in [1.54, 1.807) is 0 Å². The lowest BCUT2D eigenvalue weighted by Gasteiger charge is -2.09. The van der Waals surface area contributed by atoms with Crippen molar-refractivity contribution in [3.8, 4) is 5.75 Å². The van der Waals surface area contributed by atoms with Crippen molar-refractivity contribution in [2.45, 2.75) is 26.4 Å². The Balaban J connectivity index is 0.000000673. The van der Waals surface area contributed by atoms with E-state index in [0.717, 1.165) is 12.2 Å². The van der Waals surface area contributed by atoms with Gasteiger partial charge in [-0.3, -0.25) is 0 Å². The third-order valence-corrected chi connectivity index (χ3v) is 1.73. The molecular formula is C12H17NO3. The van der Waals surface area contributed by atoms with Crippen LogP contribution in [0, 0.1) is 0 Å². The van der Waals surface area contributed by atoms with Gasteiger partial charge in [-0.05, 0) is 44.5 Å². The Hall–Kier alpha value is -1.64. The molecule has 1 aromatic carbocycles. The smallest absolute Gasteiger partial charge is 0.373 e. The summed E-state index contributed by atoms with van der Waals surface area (Å²) < 4.78 is 5.52. The van der Waals surface area contributed by atoms with Crippen molar-refractivity contribution in [3.63, 3.8) is 0 Å². The summed E-state index contributed by atoms with van der Waals surface area (Å²) in [5.74, 6) is 0.927. The van der Waals surface area contributed by atoms with E-state index in [4.69, 9.17) is 20.1 Å². The Bertz CT molecular complexity index is 314. The van der Waals surface area contributed by atoms with Gasteiger partial charge >= 0.3 is 6.15 Å². The monoisotopic (exact) mass is 223 g/mol. The molecule has 0 atom stereocenters. The van der Waals surface area contributed by atoms with Gasteiger partial charge in [-0.1, -0.05) is 12.1 Å². The van der Waals surface area contributed by atoms with E-state index in [2.05, 4.69) is 12.1 Å². The maximum atomic E-state index is 8.12. The molecule has 0 unspecified atom stereocenters. The molecule has 0 heterocycles. The van der Waals surface area contributed by atoms with Gasteiger partial charge in [-0.25, -0.2) is 0 Å². The first kappa shape index (κ1) is 14.4. The van der Waals surface area contributed by atoms with Gasteiger partial charge in [-0.2, -0.15) is 9.59 Å². The Morgan fingerprint density at radius 1 is 1.25 bits per heavy atom. The van der Waals surface area contributed by atoms with E-state index in [1.165, 1.54) is 5.56 Å². The highest BCUT2D eigenvalue weighted by Crippen LogP contribution is 2.13. The highest BCUT2D eigenvalue weighted by atomic mass is 16.5. The number of hydrogen-bond donors (Lipinski definition) is 1. The van der Waals surface area contributed by atoms with Gasteiger partial charge < -0.3 is 10.5 Å². The normalized spacial score (nSPS) is 9.00. The minimum absolute atomic E-state index is 0.236. The minimum atomic E-state index is 0.236. The summed E-state index contributed by atoms with van der Waals surface area (Å²) in [4.78, 5) is 16.2. The summed E-state index contributed by atoms with van der Waals surface area (Å²) >= 11 is 0. The summed E-state index contributed by atoms with van der Waals surface area (Å²) in [6, 6.07) is 8.10. The van der Waals surface area contributed by atoms with Crippen LogP contribution >= 0.6 is 0 Å². The van der Waals surface area contributed by atoms with Crippen LogP contribution in [0.25, 0.3) is 0 Å². The first-order chi connectivity index (χ1) is 7.63. The summed E-state index contributed by atoms with van der Waals surface area (Å²) in [6.07, 6.45) is 1.42. The largest absolute Gasteiger partial charge is 0.491 e. The van der Waals surface area contributed by atoms with Crippen LogP contribution in [0.15, 0.2) is 24.3 Å². The predicted octanol–water partition coefficient (Wildman–Crippen LogP) is 1.39. The average Bonchev–Trinajstić information content (AvgIpc) is 2.22. The van der Waals surface area contributed by atoms with Crippen LogP contribution in [-0.4, -0.2) is 18.8 Å². The van der Waals surface area contributed by atoms with E-state index >= 15 is 0 Å². The van der Waals surface area contributed by atoms with Crippen molar-refractivity contribution in [2.24, 2.45) is 5.73 Å². The van der Waals surface area contributed by atoms with Crippen molar-refractivity contribution in [3.05, 3.63) is 29.8 Å². The maximum absolute atomic E-state index is 8.12. The second-order valence-electron chi connectivity index (χ2n) is 3.43. The van der Waals surface area contributed by atoms with Crippen LogP contribution in [0.5, 0.6) is 5.75 Å². The van der Waals surface area contributed by atoms with Crippen molar-refractivity contribution >= 4 is 6.15 Å². The zero-order valence-electron chi connectivity index (χ0n) is 9.60. The lowest BCUT2D eigenvalue weighted by Crippen LogP contribution is -2.06. The Morgan fingerprint density at radius 2 is 1.75 bits per heavy atom. The van der Waals surface area contributed by atoms with Gasteiger partial charge in [0, 0.05) is 0 Å². The lowest BCUT2D eigenvalue weighted by molar-refractivity contribution is -0.191. The van der Waals surface area contributed by atoms with Gasteiger partial charge in [0.25, 0.3) is 0 Å². The minimum Gasteiger partial charge on any atom is -0.491 e. The molecule has 0 aliphatic rings. The molecule has 0 aliphatic heterocycles. The molecule has 0 saturated carbocycles. The van der Waals surface area contributed by atoms with Crippen LogP contribution in [0.2, 0.25) is 0 Å². The molecule has 0 aliphatic carbocycles. The number of nitrogens with two attached hydrogens (primary N) is 1. The van der Waals surface area contributed by atoms with Crippen molar-refractivity contribution in [1.29, 1.82) is 0 Å². The van der Waals surface area contributed by atoms with Gasteiger partial charge in [0.2, 0.25) is 0 Å². The standard InChI is InChI=1S/C11H17NO.CO2/c1-9(2)13-11-5-3-10(4-6-11)7-8-12;2-1-3/h3-6,9H,7-8,12H2,1-2H3;. The van der Waals surface area contributed by atoms with Crippen LogP contribution in [0.4, 0.5) is 0 Å². The number of carbonyl (C=O) groups excluding carboxylic acids is 2. The first-order valence-corrected chi connectivity index (χ1v) is 5.09. The van der Waals surface area contributed by atoms with E-state index in [1.807, 2.05) is 26.0 Å². The number of ether oxygens (including phenoxy) is 1. The Morgan fingerprint density at radius 3 is 2.12 bits per heavy atom. The summed E-state index contributed by atoms with van der Waals surface area (Å²) in [7, 11) is 0. The molecule has 4 heteroatoms. The maximum Gasteiger partial charge on any atom is 0.373 e. The Labute approximate surface area is 95.4 Å². The van der Waals surface area contributed by atoms with Crippen LogP contribution in [-0.2, 0) is 16.0 Å². The Kier molecular flexibility index (Phi) is 7.76. The molecular weight excluding hydrogens is 206 g/mol. The molecule has 4 nitrogen and oxygen atoms in total. The molecule has 0 saturated heterocycles. The van der Waals surface area contributed by atoms with E-state index in [0.29, 0.717) is 6.54 Å². The van der Waals surface area contributed by atoms with Gasteiger partial charge in [0.15, 0.2) is 0 Å². The molecule has 0 aromatic heterocycles. The summed E-state index contributed by atoms with van der Waals surface area (Å²) in [5, 5.41) is 0. The second-order valence-corrected chi connectivity index (χ2v) is 3.43. The molecule has 0 bridgehead atoms. The van der Waals surface area contributed by atoms with Crippen molar-refractivity contribution in [1.82, 2.24) is 0 Å². The van der Waals surface area contributed by atoms with Gasteiger partial charge in [0.05, 0.1) is 6.10 Å². The first-order valence-electron chi connectivity index (χ1n) is 5.09. The molecule has 16 heavy (non-hydrogen) atoms. The molecule has 0 fully saturated rings. The third kappa shape index (κ3) is 6.76. The number of benzene rings is 1. The summed E-state index contributed by atoms with van der Waals surface area (Å²) in [5.41, 5.74) is 6.71. The second kappa shape index (κ2) is 8.65. The zero-order chi connectivity index (χ0) is 12.4. The molecule has 1 aromatic rings. The molecule has 0 amide bonds. The quantitative estimate of drug-likeness (QED) is 0.837. The molecule has 0 radical (unpaired) electrons. The fourth-order valence-corrected chi connectivity index (χ4v) is 1.17. The van der Waals surface area contributed by atoms with E-state index < -0.39 is 0 Å². The van der Waals surface area contributed by atoms with Crippen LogP contribution in [0.1, 0.15) is 19.4 Å². The highest BCUT2D eigenvalue weighted by molar-refractivity contribution is 5.27. The fraction of sp³-hybridized carbons (Fsp3) is 0.417. The van der Waals surface area contributed by atoms with Crippen molar-refractivity contribution in [2.75, 3.05) is 6.54 Å². The topological polar surface area (TPSA) is 69.4 Å².